The molecular formula is C7H5N2Pd-. The number of H-pyrrole nitrogens is 1. The molecule has 2 rings (SSSR count). The third kappa shape index (κ3) is 1.11. The van der Waals surface area contributed by atoms with Crippen LogP contribution in [0.3, 0.4) is 0 Å². The number of benzene rings is 1. The van der Waals surface area contributed by atoms with E-state index >= 15 is 0 Å². The van der Waals surface area contributed by atoms with Gasteiger partial charge in [0.1, 0.15) is 0 Å². The van der Waals surface area contributed by atoms with Crippen LogP contribution in [0.5, 0.6) is 0 Å². The number of aromatic amines is 1. The first-order valence-electron chi connectivity index (χ1n) is 2.77. The monoisotopic (exact) mass is 223 g/mol. The van der Waals surface area contributed by atoms with E-state index in [1.165, 1.54) is 0 Å². The van der Waals surface area contributed by atoms with Crippen molar-refractivity contribution < 1.29 is 20.4 Å². The van der Waals surface area contributed by atoms with Crippen LogP contribution in [0.1, 0.15) is 0 Å². The Morgan fingerprint density at radius 2 is 2.10 bits per heavy atom. The van der Waals surface area contributed by atoms with Crippen molar-refractivity contribution in [2.24, 2.45) is 0 Å². The van der Waals surface area contributed by atoms with Crippen molar-refractivity contribution in [1.29, 1.82) is 0 Å². The first-order valence-corrected chi connectivity index (χ1v) is 2.77. The van der Waals surface area contributed by atoms with Gasteiger partial charge >= 0.3 is 0 Å². The van der Waals surface area contributed by atoms with Crippen LogP contribution >= 0.6 is 0 Å². The molecule has 2 aromatic rings. The van der Waals surface area contributed by atoms with Gasteiger partial charge in [-0.05, 0) is 6.33 Å². The average Bonchev–Trinajstić information content (AvgIpc) is 2.33. The van der Waals surface area contributed by atoms with Crippen LogP contribution in [0, 0.1) is 6.33 Å². The van der Waals surface area contributed by atoms with Crippen LogP contribution in [-0.2, 0) is 20.4 Å². The van der Waals surface area contributed by atoms with E-state index in [0.717, 1.165) is 11.0 Å². The predicted molar refractivity (Wildman–Crippen MR) is 34.9 cm³/mol. The number of nitrogens with zero attached hydrogens (tertiary/aromatic N) is 1. The number of hydrogen-bond acceptors (Lipinski definition) is 1. The summed E-state index contributed by atoms with van der Waals surface area (Å²) in [6, 6.07) is 7.84. The zero-order valence-electron chi connectivity index (χ0n) is 5.07. The number of imidazole rings is 1. The van der Waals surface area contributed by atoms with Crippen molar-refractivity contribution in [3.8, 4) is 0 Å². The minimum Gasteiger partial charge on any atom is -0.461 e. The SMILES string of the molecule is [Pd].[c-]1nc2ccccc2[nH]1. The van der Waals surface area contributed by atoms with Crippen molar-refractivity contribution in [3.05, 3.63) is 30.6 Å². The second-order valence-corrected chi connectivity index (χ2v) is 1.87. The van der Waals surface area contributed by atoms with Crippen molar-refractivity contribution in [3.63, 3.8) is 0 Å². The molecule has 0 saturated heterocycles. The van der Waals surface area contributed by atoms with E-state index in [1.807, 2.05) is 24.3 Å². The summed E-state index contributed by atoms with van der Waals surface area (Å²) in [5, 5.41) is 0. The van der Waals surface area contributed by atoms with Gasteiger partial charge in [-0.15, -0.1) is 12.1 Å². The molecule has 0 amide bonds. The predicted octanol–water partition coefficient (Wildman–Crippen LogP) is 1.36. The Morgan fingerprint density at radius 1 is 1.30 bits per heavy atom. The van der Waals surface area contributed by atoms with E-state index in [0.29, 0.717) is 0 Å². The summed E-state index contributed by atoms with van der Waals surface area (Å²) < 4.78 is 0. The molecule has 3 heteroatoms. The van der Waals surface area contributed by atoms with Gasteiger partial charge in [-0.3, -0.25) is 0 Å². The van der Waals surface area contributed by atoms with Crippen LogP contribution in [0.15, 0.2) is 24.3 Å². The summed E-state index contributed by atoms with van der Waals surface area (Å²) in [4.78, 5) is 6.82. The standard InChI is InChI=1S/C7H5N2.Pd/c1-2-4-7-6(3-1)8-5-9-7;/h1-4H,(H,8,9);/q-1;. The van der Waals surface area contributed by atoms with Gasteiger partial charge < -0.3 is 9.97 Å². The topological polar surface area (TPSA) is 28.7 Å². The first kappa shape index (κ1) is 7.46. The maximum Gasteiger partial charge on any atom is 0 e. The zero-order valence-corrected chi connectivity index (χ0v) is 6.63. The number of rotatable bonds is 0. The molecule has 54 valence electrons. The van der Waals surface area contributed by atoms with Crippen LogP contribution in [-0.4, -0.2) is 9.97 Å². The summed E-state index contributed by atoms with van der Waals surface area (Å²) in [5.74, 6) is 0. The molecule has 0 bridgehead atoms. The summed E-state index contributed by atoms with van der Waals surface area (Å²) in [7, 11) is 0. The van der Waals surface area contributed by atoms with Crippen LogP contribution in [0.4, 0.5) is 0 Å². The first-order chi connectivity index (χ1) is 4.47. The molecule has 0 fully saturated rings. The Balaban J connectivity index is 0.000000500. The molecular weight excluding hydrogens is 219 g/mol. The summed E-state index contributed by atoms with van der Waals surface area (Å²) in [5.41, 5.74) is 2.01. The Hall–Kier alpha value is -0.648. The van der Waals surface area contributed by atoms with Crippen LogP contribution < -0.4 is 0 Å². The summed E-state index contributed by atoms with van der Waals surface area (Å²) in [6.07, 6.45) is 2.66. The minimum absolute atomic E-state index is 0. The van der Waals surface area contributed by atoms with E-state index in [2.05, 4.69) is 16.3 Å². The molecule has 0 spiro atoms. The number of nitrogens with one attached hydrogen (secondary N) is 1. The van der Waals surface area contributed by atoms with Crippen LogP contribution in [0.2, 0.25) is 0 Å². The maximum absolute atomic E-state index is 3.94. The fraction of sp³-hybridized carbons (Fsp3) is 0. The molecule has 1 heterocycles. The van der Waals surface area contributed by atoms with Crippen LogP contribution in [0.25, 0.3) is 11.0 Å². The van der Waals surface area contributed by atoms with Gasteiger partial charge in [0, 0.05) is 20.4 Å². The molecule has 2 nitrogen and oxygen atoms in total. The molecule has 0 atom stereocenters. The molecule has 0 radical (unpaired) electrons. The van der Waals surface area contributed by atoms with E-state index in [-0.39, 0.29) is 20.4 Å². The van der Waals surface area contributed by atoms with Gasteiger partial charge in [0.25, 0.3) is 0 Å². The fourth-order valence-electron chi connectivity index (χ4n) is 0.825. The number of hydrogen-bond donors (Lipinski definition) is 1. The van der Waals surface area contributed by atoms with Crippen molar-refractivity contribution in [1.82, 2.24) is 9.97 Å². The third-order valence-corrected chi connectivity index (χ3v) is 1.27. The Morgan fingerprint density at radius 3 is 2.90 bits per heavy atom. The number of fused-ring (bicyclic) bond motifs is 1. The fourth-order valence-corrected chi connectivity index (χ4v) is 0.825. The Kier molecular flexibility index (Phi) is 2.21. The maximum atomic E-state index is 3.94. The minimum atomic E-state index is 0. The van der Waals surface area contributed by atoms with Gasteiger partial charge in [-0.2, -0.15) is 0 Å². The number of para-hydroxylation sites is 2. The van der Waals surface area contributed by atoms with Gasteiger partial charge in [0.05, 0.1) is 0 Å². The largest absolute Gasteiger partial charge is 0.461 e. The second kappa shape index (κ2) is 2.96. The second-order valence-electron chi connectivity index (χ2n) is 1.87. The zero-order chi connectivity index (χ0) is 6.10. The average molecular weight is 224 g/mol. The molecule has 1 aromatic heterocycles. The van der Waals surface area contributed by atoms with Crippen molar-refractivity contribution >= 4 is 11.0 Å². The summed E-state index contributed by atoms with van der Waals surface area (Å²) in [6.45, 7) is 0. The van der Waals surface area contributed by atoms with E-state index in [1.54, 1.807) is 0 Å². The quantitative estimate of drug-likeness (QED) is 0.530. The van der Waals surface area contributed by atoms with E-state index in [9.17, 15) is 0 Å². The normalized spacial score (nSPS) is 9.20. The molecule has 0 saturated carbocycles. The smallest absolute Gasteiger partial charge is 0 e. The molecule has 0 aliphatic carbocycles. The van der Waals surface area contributed by atoms with Gasteiger partial charge in [-0.1, -0.05) is 23.2 Å². The Bertz CT molecular complexity index is 286. The molecule has 0 aliphatic heterocycles. The Labute approximate surface area is 72.3 Å². The molecule has 0 unspecified atom stereocenters. The number of aromatic nitrogens is 2. The van der Waals surface area contributed by atoms with Gasteiger partial charge in [0.15, 0.2) is 0 Å². The molecule has 0 aliphatic rings. The van der Waals surface area contributed by atoms with Gasteiger partial charge in [0.2, 0.25) is 0 Å². The van der Waals surface area contributed by atoms with Crippen molar-refractivity contribution in [2.45, 2.75) is 0 Å². The van der Waals surface area contributed by atoms with E-state index in [4.69, 9.17) is 0 Å². The molecule has 10 heavy (non-hydrogen) atoms. The van der Waals surface area contributed by atoms with Gasteiger partial charge in [-0.25, -0.2) is 0 Å². The van der Waals surface area contributed by atoms with Crippen molar-refractivity contribution in [2.75, 3.05) is 0 Å². The third-order valence-electron chi connectivity index (χ3n) is 1.27. The van der Waals surface area contributed by atoms with E-state index < -0.39 is 0 Å². The molecule has 1 N–H and O–H groups in total. The molecule has 1 aromatic carbocycles. The summed E-state index contributed by atoms with van der Waals surface area (Å²) >= 11 is 0.